The molecule has 2 rings (SSSR count). The minimum Gasteiger partial charge on any atom is -0.466 e. The Hall–Kier alpha value is -1.70. The second-order valence-corrected chi connectivity index (χ2v) is 6.48. The van der Waals surface area contributed by atoms with Crippen LogP contribution in [0.4, 0.5) is 0 Å². The number of ether oxygens (including phenoxy) is 2. The van der Waals surface area contributed by atoms with E-state index in [1.54, 1.807) is 19.3 Å². The fraction of sp³-hybridized carbons (Fsp3) is 0.467. The maximum atomic E-state index is 12.0. The lowest BCUT2D eigenvalue weighted by Gasteiger charge is -2.39. The molecule has 0 bridgehead atoms. The number of nitrogens with zero attached hydrogens (tertiary/aromatic N) is 1. The quantitative estimate of drug-likeness (QED) is 0.799. The molecule has 22 heavy (non-hydrogen) atoms. The number of hydrogen-bond donors (Lipinski definition) is 2. The van der Waals surface area contributed by atoms with Gasteiger partial charge in [0.05, 0.1) is 31.0 Å². The molecule has 2 unspecified atom stereocenters. The van der Waals surface area contributed by atoms with Gasteiger partial charge in [-0.2, -0.15) is 0 Å². The summed E-state index contributed by atoms with van der Waals surface area (Å²) in [5, 5.41) is 0.750. The van der Waals surface area contributed by atoms with E-state index in [0.29, 0.717) is 11.3 Å². The molecule has 0 spiro atoms. The number of esters is 1. The molecule has 4 N–H and O–H groups in total. The van der Waals surface area contributed by atoms with Crippen LogP contribution in [0.1, 0.15) is 15.6 Å². The van der Waals surface area contributed by atoms with E-state index in [1.165, 1.54) is 18.4 Å². The summed E-state index contributed by atoms with van der Waals surface area (Å²) < 4.78 is 10.2. The van der Waals surface area contributed by atoms with Gasteiger partial charge in [-0.1, -0.05) is 0 Å². The van der Waals surface area contributed by atoms with E-state index in [1.807, 2.05) is 13.8 Å². The van der Waals surface area contributed by atoms with Gasteiger partial charge in [-0.25, -0.2) is 9.78 Å². The van der Waals surface area contributed by atoms with E-state index in [-0.39, 0.29) is 6.61 Å². The molecule has 120 valence electrons. The van der Waals surface area contributed by atoms with Crippen molar-refractivity contribution in [2.24, 2.45) is 11.5 Å². The summed E-state index contributed by atoms with van der Waals surface area (Å²) in [4.78, 5) is 17.7. The smallest absolute Gasteiger partial charge is 0.335 e. The third kappa shape index (κ3) is 2.45. The zero-order valence-electron chi connectivity index (χ0n) is 13.2. The molecule has 0 saturated heterocycles. The average molecular weight is 323 g/mol. The first kappa shape index (κ1) is 16.7. The van der Waals surface area contributed by atoms with Crippen LogP contribution in [-0.2, 0) is 19.7 Å². The van der Waals surface area contributed by atoms with Crippen molar-refractivity contribution in [3.8, 4) is 0 Å². The van der Waals surface area contributed by atoms with Crippen molar-refractivity contribution < 1.29 is 14.3 Å². The normalized spacial score (nSPS) is 24.7. The van der Waals surface area contributed by atoms with E-state index < -0.39 is 17.4 Å². The maximum absolute atomic E-state index is 12.0. The van der Waals surface area contributed by atoms with Crippen LogP contribution in [-0.4, -0.2) is 37.8 Å². The molecule has 1 heterocycles. The number of methoxy groups -OCH3 is 2. The van der Waals surface area contributed by atoms with E-state index in [0.717, 1.165) is 15.6 Å². The molecule has 1 aliphatic carbocycles. The van der Waals surface area contributed by atoms with Gasteiger partial charge in [0.1, 0.15) is 10.4 Å². The van der Waals surface area contributed by atoms with Crippen molar-refractivity contribution in [1.82, 2.24) is 4.98 Å². The van der Waals surface area contributed by atoms with Crippen molar-refractivity contribution in [3.63, 3.8) is 0 Å². The van der Waals surface area contributed by atoms with Crippen molar-refractivity contribution in [1.29, 1.82) is 0 Å². The molecule has 1 aromatic rings. The summed E-state index contributed by atoms with van der Waals surface area (Å²) in [6.07, 6.45) is 3.29. The van der Waals surface area contributed by atoms with Crippen molar-refractivity contribution >= 4 is 17.3 Å². The molecular weight excluding hydrogens is 302 g/mol. The molecule has 0 aromatic carbocycles. The number of thiazole rings is 1. The van der Waals surface area contributed by atoms with Gasteiger partial charge in [-0.05, 0) is 26.0 Å². The van der Waals surface area contributed by atoms with Gasteiger partial charge in [0.15, 0.2) is 0 Å². The monoisotopic (exact) mass is 323 g/mol. The largest absolute Gasteiger partial charge is 0.466 e. The first-order valence-corrected chi connectivity index (χ1v) is 7.65. The van der Waals surface area contributed by atoms with Crippen LogP contribution in [0.3, 0.4) is 0 Å². The molecule has 0 fully saturated rings. The van der Waals surface area contributed by atoms with Gasteiger partial charge in [0.2, 0.25) is 0 Å². The molecule has 2 atom stereocenters. The summed E-state index contributed by atoms with van der Waals surface area (Å²) in [6.45, 7) is 4.15. The molecular formula is C15H21N3O3S. The molecule has 0 saturated carbocycles. The fourth-order valence-corrected chi connectivity index (χ4v) is 3.72. The summed E-state index contributed by atoms with van der Waals surface area (Å²) >= 11 is 1.52. The molecule has 6 nitrogen and oxygen atoms in total. The second kappa shape index (κ2) is 6.20. The van der Waals surface area contributed by atoms with Crippen LogP contribution in [0.25, 0.3) is 0 Å². The molecule has 0 radical (unpaired) electrons. The summed E-state index contributed by atoms with van der Waals surface area (Å²) in [7, 11) is 2.90. The molecule has 1 aliphatic rings. The number of hydrogen-bond acceptors (Lipinski definition) is 7. The Morgan fingerprint density at radius 3 is 2.59 bits per heavy atom. The lowest BCUT2D eigenvalue weighted by atomic mass is 9.72. The first-order valence-electron chi connectivity index (χ1n) is 6.83. The molecule has 7 heteroatoms. The zero-order valence-corrected chi connectivity index (χ0v) is 14.0. The number of aromatic nitrogens is 1. The SMILES string of the molecule is COCC1(c2nc(C)c(C)s2)C(N)=CC=C(C(=O)OC)C1N. The minimum absolute atomic E-state index is 0.233. The molecule has 1 aromatic heterocycles. The third-order valence-electron chi connectivity index (χ3n) is 4.03. The van der Waals surface area contributed by atoms with E-state index in [4.69, 9.17) is 20.9 Å². The lowest BCUT2D eigenvalue weighted by Crippen LogP contribution is -2.55. The summed E-state index contributed by atoms with van der Waals surface area (Å²) in [6, 6.07) is -0.685. The van der Waals surface area contributed by atoms with E-state index in [2.05, 4.69) is 4.98 Å². The number of rotatable bonds is 4. The maximum Gasteiger partial charge on any atom is 0.335 e. The van der Waals surface area contributed by atoms with Crippen molar-refractivity contribution in [2.45, 2.75) is 25.3 Å². The van der Waals surface area contributed by atoms with Gasteiger partial charge >= 0.3 is 5.97 Å². The lowest BCUT2D eigenvalue weighted by molar-refractivity contribution is -0.136. The van der Waals surface area contributed by atoms with Gasteiger partial charge in [0.25, 0.3) is 0 Å². The van der Waals surface area contributed by atoms with Crippen LogP contribution < -0.4 is 11.5 Å². The Bertz CT molecular complexity index is 631. The minimum atomic E-state index is -0.864. The standard InChI is InChI=1S/C15H21N3O3S/c1-8-9(2)22-14(18-8)15(7-20-3)11(16)6-5-10(12(15)17)13(19)21-4/h5-6,12H,7,16-17H2,1-4H3. The number of allylic oxidation sites excluding steroid dienone is 2. The van der Waals surface area contributed by atoms with Gasteiger partial charge < -0.3 is 20.9 Å². The number of aryl methyl sites for hydroxylation is 2. The van der Waals surface area contributed by atoms with Crippen LogP contribution in [0.15, 0.2) is 23.4 Å². The van der Waals surface area contributed by atoms with Crippen molar-refractivity contribution in [3.05, 3.63) is 39.0 Å². The van der Waals surface area contributed by atoms with E-state index >= 15 is 0 Å². The van der Waals surface area contributed by atoms with Gasteiger partial charge in [-0.3, -0.25) is 0 Å². The summed E-state index contributed by atoms with van der Waals surface area (Å²) in [5.74, 6) is -0.471. The van der Waals surface area contributed by atoms with Crippen LogP contribution >= 0.6 is 11.3 Å². The molecule has 0 amide bonds. The van der Waals surface area contributed by atoms with Crippen LogP contribution in [0.5, 0.6) is 0 Å². The average Bonchev–Trinajstić information content (AvgIpc) is 2.82. The highest BCUT2D eigenvalue weighted by Gasteiger charge is 2.48. The highest BCUT2D eigenvalue weighted by Crippen LogP contribution is 2.41. The number of carbonyl (C=O) groups excluding carboxylic acids is 1. The Kier molecular flexibility index (Phi) is 4.69. The highest BCUT2D eigenvalue weighted by molar-refractivity contribution is 7.11. The Balaban J connectivity index is 2.61. The topological polar surface area (TPSA) is 100 Å². The van der Waals surface area contributed by atoms with E-state index in [9.17, 15) is 4.79 Å². The van der Waals surface area contributed by atoms with Crippen LogP contribution in [0.2, 0.25) is 0 Å². The highest BCUT2D eigenvalue weighted by atomic mass is 32.1. The number of carbonyl (C=O) groups is 1. The van der Waals surface area contributed by atoms with Crippen LogP contribution in [0, 0.1) is 13.8 Å². The first-order chi connectivity index (χ1) is 10.4. The number of nitrogens with two attached hydrogens (primary N) is 2. The van der Waals surface area contributed by atoms with Gasteiger partial charge in [-0.15, -0.1) is 11.3 Å². The Morgan fingerprint density at radius 2 is 2.09 bits per heavy atom. The van der Waals surface area contributed by atoms with Crippen molar-refractivity contribution in [2.75, 3.05) is 20.8 Å². The second-order valence-electron chi connectivity index (χ2n) is 5.28. The third-order valence-corrected chi connectivity index (χ3v) is 5.28. The Labute approximate surface area is 133 Å². The van der Waals surface area contributed by atoms with Gasteiger partial charge in [0, 0.05) is 17.7 Å². The predicted molar refractivity (Wildman–Crippen MR) is 85.5 cm³/mol. The summed E-state index contributed by atoms with van der Waals surface area (Å²) in [5.41, 5.74) is 13.6. The zero-order chi connectivity index (χ0) is 16.5. The Morgan fingerprint density at radius 1 is 1.41 bits per heavy atom. The predicted octanol–water partition coefficient (Wildman–Crippen LogP) is 0.927. The fourth-order valence-electron chi connectivity index (χ4n) is 2.57. The molecule has 0 aliphatic heterocycles.